The Bertz CT molecular complexity index is 1270. The number of nitriles is 1. The molecule has 31 heavy (non-hydrogen) atoms. The molecular weight excluding hydrogens is 386 g/mol. The molecule has 150 valence electrons. The summed E-state index contributed by atoms with van der Waals surface area (Å²) >= 11 is 0. The number of nitrogens with one attached hydrogen (secondary N) is 1. The molecule has 0 atom stereocenters. The summed E-state index contributed by atoms with van der Waals surface area (Å²) in [6.45, 7) is 0.474. The van der Waals surface area contributed by atoms with Crippen LogP contribution in [0.3, 0.4) is 0 Å². The Morgan fingerprint density at radius 3 is 2.55 bits per heavy atom. The second kappa shape index (κ2) is 9.38. The van der Waals surface area contributed by atoms with E-state index in [1.807, 2.05) is 78.9 Å². The van der Waals surface area contributed by atoms with Crippen LogP contribution in [0.5, 0.6) is 5.75 Å². The lowest BCUT2D eigenvalue weighted by Gasteiger charge is -2.08. The maximum atomic E-state index is 12.7. The highest BCUT2D eigenvalue weighted by Gasteiger charge is 2.11. The van der Waals surface area contributed by atoms with Crippen molar-refractivity contribution in [2.24, 2.45) is 0 Å². The van der Waals surface area contributed by atoms with E-state index in [0.717, 1.165) is 22.0 Å². The average molecular weight is 405 g/mol. The molecule has 1 aromatic heterocycles. The van der Waals surface area contributed by atoms with Crippen LogP contribution in [-0.4, -0.2) is 10.9 Å². The van der Waals surface area contributed by atoms with Crippen molar-refractivity contribution >= 4 is 28.6 Å². The molecule has 0 bridgehead atoms. The average Bonchev–Trinajstić information content (AvgIpc) is 2.83. The summed E-state index contributed by atoms with van der Waals surface area (Å²) in [7, 11) is 0. The SMILES string of the molecule is N#C/C(=C/c1ccc(OCc2ccccc2)cc1)C(=O)Nc1cccc2ncccc12. The molecule has 0 aliphatic heterocycles. The summed E-state index contributed by atoms with van der Waals surface area (Å²) in [5.41, 5.74) is 3.21. The third-order valence-corrected chi connectivity index (χ3v) is 4.70. The minimum atomic E-state index is -0.469. The molecule has 0 saturated heterocycles. The molecule has 1 amide bonds. The van der Waals surface area contributed by atoms with E-state index in [4.69, 9.17) is 4.74 Å². The Labute approximate surface area is 180 Å². The largest absolute Gasteiger partial charge is 0.489 e. The molecule has 5 nitrogen and oxygen atoms in total. The predicted octanol–water partition coefficient (Wildman–Crippen LogP) is 5.36. The smallest absolute Gasteiger partial charge is 0.266 e. The maximum Gasteiger partial charge on any atom is 0.266 e. The normalized spacial score (nSPS) is 11.0. The van der Waals surface area contributed by atoms with Gasteiger partial charge in [0, 0.05) is 11.6 Å². The highest BCUT2D eigenvalue weighted by atomic mass is 16.5. The topological polar surface area (TPSA) is 75.0 Å². The predicted molar refractivity (Wildman–Crippen MR) is 121 cm³/mol. The Morgan fingerprint density at radius 1 is 0.968 bits per heavy atom. The van der Waals surface area contributed by atoms with Crippen molar-refractivity contribution in [3.63, 3.8) is 0 Å². The number of pyridine rings is 1. The molecule has 1 heterocycles. The lowest BCUT2D eigenvalue weighted by Crippen LogP contribution is -2.13. The number of fused-ring (bicyclic) bond motifs is 1. The second-order valence-electron chi connectivity index (χ2n) is 6.84. The van der Waals surface area contributed by atoms with E-state index in [9.17, 15) is 10.1 Å². The number of carbonyl (C=O) groups is 1. The highest BCUT2D eigenvalue weighted by molar-refractivity contribution is 6.12. The van der Waals surface area contributed by atoms with Gasteiger partial charge in [-0.05, 0) is 53.6 Å². The highest BCUT2D eigenvalue weighted by Crippen LogP contribution is 2.22. The first-order valence-corrected chi connectivity index (χ1v) is 9.76. The maximum absolute atomic E-state index is 12.7. The number of amides is 1. The fourth-order valence-corrected chi connectivity index (χ4v) is 3.12. The third kappa shape index (κ3) is 4.95. The van der Waals surface area contributed by atoms with Crippen molar-refractivity contribution in [3.8, 4) is 11.8 Å². The van der Waals surface area contributed by atoms with Crippen LogP contribution in [0, 0.1) is 11.3 Å². The quantitative estimate of drug-likeness (QED) is 0.346. The fraction of sp³-hybridized carbons (Fsp3) is 0.0385. The molecule has 0 fully saturated rings. The number of hydrogen-bond donors (Lipinski definition) is 1. The molecular formula is C26H19N3O2. The van der Waals surface area contributed by atoms with Gasteiger partial charge in [0.25, 0.3) is 5.91 Å². The third-order valence-electron chi connectivity index (χ3n) is 4.70. The van der Waals surface area contributed by atoms with Crippen molar-refractivity contribution in [1.29, 1.82) is 5.26 Å². The number of anilines is 1. The molecule has 0 aliphatic carbocycles. The summed E-state index contributed by atoms with van der Waals surface area (Å²) in [6.07, 6.45) is 3.25. The van der Waals surface area contributed by atoms with Crippen molar-refractivity contribution < 1.29 is 9.53 Å². The Morgan fingerprint density at radius 2 is 1.77 bits per heavy atom. The Hall–Kier alpha value is -4.43. The molecule has 0 saturated carbocycles. The van der Waals surface area contributed by atoms with Gasteiger partial charge in [-0.25, -0.2) is 0 Å². The van der Waals surface area contributed by atoms with Gasteiger partial charge in [0.1, 0.15) is 24.0 Å². The minimum absolute atomic E-state index is 0.0128. The summed E-state index contributed by atoms with van der Waals surface area (Å²) in [6, 6.07) is 28.3. The van der Waals surface area contributed by atoms with Gasteiger partial charge >= 0.3 is 0 Å². The molecule has 0 radical (unpaired) electrons. The Balaban J connectivity index is 1.46. The number of rotatable bonds is 6. The summed E-state index contributed by atoms with van der Waals surface area (Å²) in [5, 5.41) is 13.1. The zero-order chi connectivity index (χ0) is 21.5. The van der Waals surface area contributed by atoms with Gasteiger partial charge in [-0.1, -0.05) is 48.5 Å². The van der Waals surface area contributed by atoms with Gasteiger partial charge in [-0.3, -0.25) is 9.78 Å². The number of ether oxygens (including phenoxy) is 1. The van der Waals surface area contributed by atoms with E-state index in [0.29, 0.717) is 18.0 Å². The summed E-state index contributed by atoms with van der Waals surface area (Å²) in [4.78, 5) is 17.0. The first-order valence-electron chi connectivity index (χ1n) is 9.76. The van der Waals surface area contributed by atoms with Crippen molar-refractivity contribution in [2.75, 3.05) is 5.32 Å². The van der Waals surface area contributed by atoms with Crippen LogP contribution in [0.15, 0.2) is 96.7 Å². The van der Waals surface area contributed by atoms with E-state index < -0.39 is 5.91 Å². The monoisotopic (exact) mass is 405 g/mol. The number of benzene rings is 3. The van der Waals surface area contributed by atoms with Crippen molar-refractivity contribution in [2.45, 2.75) is 6.61 Å². The van der Waals surface area contributed by atoms with E-state index in [-0.39, 0.29) is 5.57 Å². The van der Waals surface area contributed by atoms with E-state index in [2.05, 4.69) is 10.3 Å². The van der Waals surface area contributed by atoms with Crippen LogP contribution < -0.4 is 10.1 Å². The van der Waals surface area contributed by atoms with Crippen LogP contribution >= 0.6 is 0 Å². The van der Waals surface area contributed by atoms with Gasteiger partial charge in [0.05, 0.1) is 11.2 Å². The van der Waals surface area contributed by atoms with Crippen molar-refractivity contribution in [1.82, 2.24) is 4.98 Å². The Kier molecular flexibility index (Phi) is 6.01. The molecule has 1 N–H and O–H groups in total. The second-order valence-corrected chi connectivity index (χ2v) is 6.84. The summed E-state index contributed by atoms with van der Waals surface area (Å²) < 4.78 is 5.77. The van der Waals surface area contributed by atoms with Crippen LogP contribution in [0.1, 0.15) is 11.1 Å². The molecule has 4 rings (SSSR count). The van der Waals surface area contributed by atoms with Crippen LogP contribution in [-0.2, 0) is 11.4 Å². The standard InChI is InChI=1S/C26H19N3O2/c27-17-21(26(30)29-25-10-4-9-24-23(25)8-5-15-28-24)16-19-11-13-22(14-12-19)31-18-20-6-2-1-3-7-20/h1-16H,18H2,(H,29,30)/b21-16-. The lowest BCUT2D eigenvalue weighted by molar-refractivity contribution is -0.112. The molecule has 5 heteroatoms. The minimum Gasteiger partial charge on any atom is -0.489 e. The van der Waals surface area contributed by atoms with Crippen LogP contribution in [0.4, 0.5) is 5.69 Å². The zero-order valence-corrected chi connectivity index (χ0v) is 16.7. The summed E-state index contributed by atoms with van der Waals surface area (Å²) in [5.74, 6) is 0.246. The van der Waals surface area contributed by atoms with Crippen LogP contribution in [0.25, 0.3) is 17.0 Å². The number of hydrogen-bond acceptors (Lipinski definition) is 4. The first kappa shape index (κ1) is 19.9. The van der Waals surface area contributed by atoms with Crippen molar-refractivity contribution in [3.05, 3.63) is 108 Å². The van der Waals surface area contributed by atoms with Crippen LogP contribution in [0.2, 0.25) is 0 Å². The van der Waals surface area contributed by atoms with Gasteiger partial charge in [-0.15, -0.1) is 0 Å². The molecule has 0 spiro atoms. The van der Waals surface area contributed by atoms with E-state index in [1.165, 1.54) is 0 Å². The van der Waals surface area contributed by atoms with E-state index >= 15 is 0 Å². The number of nitrogens with zero attached hydrogens (tertiary/aromatic N) is 2. The van der Waals surface area contributed by atoms with Gasteiger partial charge in [0.2, 0.25) is 0 Å². The zero-order valence-electron chi connectivity index (χ0n) is 16.7. The molecule has 0 aliphatic rings. The van der Waals surface area contributed by atoms with Gasteiger partial charge < -0.3 is 10.1 Å². The van der Waals surface area contributed by atoms with E-state index in [1.54, 1.807) is 24.4 Å². The lowest BCUT2D eigenvalue weighted by atomic mass is 10.1. The van der Waals surface area contributed by atoms with Gasteiger partial charge in [0.15, 0.2) is 0 Å². The molecule has 3 aromatic carbocycles. The first-order chi connectivity index (χ1) is 15.2. The molecule has 0 unspecified atom stereocenters. The fourth-order valence-electron chi connectivity index (χ4n) is 3.12. The number of aromatic nitrogens is 1. The van der Waals surface area contributed by atoms with Gasteiger partial charge in [-0.2, -0.15) is 5.26 Å². The number of carbonyl (C=O) groups excluding carboxylic acids is 1. The molecule has 4 aromatic rings.